The van der Waals surface area contributed by atoms with Gasteiger partial charge in [-0.2, -0.15) is 0 Å². The highest BCUT2D eigenvalue weighted by atomic mass is 16.6. The number of nitro benzene ring substituents is 1. The molecular weight excluding hydrogens is 400 g/mol. The monoisotopic (exact) mass is 416 g/mol. The number of Topliss-reactive ketones (excluding diaryl/α,β-unsaturated/α-hetero) is 1. The summed E-state index contributed by atoms with van der Waals surface area (Å²) in [5.41, 5.74) is 0.379. The Morgan fingerprint density at radius 2 is 1.81 bits per heavy atom. The summed E-state index contributed by atoms with van der Waals surface area (Å²) in [6, 6.07) is 18.7. The predicted octanol–water partition coefficient (Wildman–Crippen LogP) is 4.96. The fourth-order valence-electron chi connectivity index (χ4n) is 3.13. The number of nitro groups is 1. The van der Waals surface area contributed by atoms with Crippen LogP contribution in [0, 0.1) is 10.1 Å². The molecule has 0 aliphatic carbocycles. The van der Waals surface area contributed by atoms with Crippen molar-refractivity contribution in [2.45, 2.75) is 6.92 Å². The molecule has 1 aliphatic heterocycles. The number of para-hydroxylation sites is 1. The number of benzene rings is 3. The van der Waals surface area contributed by atoms with E-state index < -0.39 is 22.3 Å². The maximum Gasteiger partial charge on any atom is 0.314 e. The standard InChI is InChI=1S/C23H16N2O6/c1-14(26)24-16-12-19-22(27)21(31-23(19)20(13-16)25(28)29)11-15-6-5-9-18(10-15)30-17-7-3-2-4-8-17/h2-13H,1H3,(H,24,26)/b21-11-. The van der Waals surface area contributed by atoms with E-state index in [9.17, 15) is 19.7 Å². The lowest BCUT2D eigenvalue weighted by atomic mass is 10.1. The van der Waals surface area contributed by atoms with Crippen molar-refractivity contribution in [2.24, 2.45) is 0 Å². The van der Waals surface area contributed by atoms with Gasteiger partial charge in [-0.3, -0.25) is 19.7 Å². The van der Waals surface area contributed by atoms with Gasteiger partial charge in [0.05, 0.1) is 10.5 Å². The minimum absolute atomic E-state index is 0.0147. The number of carbonyl (C=O) groups excluding carboxylic acids is 2. The maximum absolute atomic E-state index is 12.8. The maximum atomic E-state index is 12.8. The molecule has 154 valence electrons. The molecule has 1 heterocycles. The number of hydrogen-bond acceptors (Lipinski definition) is 6. The molecular formula is C23H16N2O6. The minimum atomic E-state index is -0.658. The summed E-state index contributed by atoms with van der Waals surface area (Å²) < 4.78 is 11.3. The van der Waals surface area contributed by atoms with Crippen LogP contribution in [0.2, 0.25) is 0 Å². The molecule has 3 aromatic rings. The van der Waals surface area contributed by atoms with Crippen molar-refractivity contribution in [1.29, 1.82) is 0 Å². The average molecular weight is 416 g/mol. The van der Waals surface area contributed by atoms with E-state index in [1.165, 1.54) is 19.1 Å². The highest BCUT2D eigenvalue weighted by Crippen LogP contribution is 2.42. The summed E-state index contributed by atoms with van der Waals surface area (Å²) in [7, 11) is 0. The van der Waals surface area contributed by atoms with Gasteiger partial charge < -0.3 is 14.8 Å². The van der Waals surface area contributed by atoms with Crippen LogP contribution in [-0.2, 0) is 4.79 Å². The van der Waals surface area contributed by atoms with E-state index in [0.29, 0.717) is 17.1 Å². The van der Waals surface area contributed by atoms with Crippen LogP contribution in [0.1, 0.15) is 22.8 Å². The Hall–Kier alpha value is -4.46. The normalized spacial score (nSPS) is 13.5. The van der Waals surface area contributed by atoms with Gasteiger partial charge in [-0.1, -0.05) is 30.3 Å². The Bertz CT molecular complexity index is 1230. The second-order valence-corrected chi connectivity index (χ2v) is 6.74. The van der Waals surface area contributed by atoms with Gasteiger partial charge in [-0.15, -0.1) is 0 Å². The molecule has 0 bridgehead atoms. The Balaban J connectivity index is 1.66. The van der Waals surface area contributed by atoms with Crippen molar-refractivity contribution >= 4 is 29.1 Å². The Labute approximate surface area is 176 Å². The molecule has 0 saturated heterocycles. The van der Waals surface area contributed by atoms with Gasteiger partial charge >= 0.3 is 5.69 Å². The van der Waals surface area contributed by atoms with Crippen LogP contribution in [0.5, 0.6) is 17.2 Å². The van der Waals surface area contributed by atoms with E-state index >= 15 is 0 Å². The van der Waals surface area contributed by atoms with E-state index in [1.807, 2.05) is 30.3 Å². The number of ketones is 1. The third-order valence-corrected chi connectivity index (χ3v) is 4.40. The van der Waals surface area contributed by atoms with Crippen LogP contribution < -0.4 is 14.8 Å². The van der Waals surface area contributed by atoms with Crippen LogP contribution >= 0.6 is 0 Å². The Morgan fingerprint density at radius 1 is 1.06 bits per heavy atom. The zero-order chi connectivity index (χ0) is 22.0. The lowest BCUT2D eigenvalue weighted by Gasteiger charge is -2.06. The van der Waals surface area contributed by atoms with E-state index in [2.05, 4.69) is 5.32 Å². The number of ether oxygens (including phenoxy) is 2. The second-order valence-electron chi connectivity index (χ2n) is 6.74. The average Bonchev–Trinajstić information content (AvgIpc) is 3.03. The largest absolute Gasteiger partial charge is 0.457 e. The van der Waals surface area contributed by atoms with Gasteiger partial charge in [-0.05, 0) is 42.0 Å². The molecule has 0 atom stereocenters. The van der Waals surface area contributed by atoms with Crippen molar-refractivity contribution < 1.29 is 24.0 Å². The van der Waals surface area contributed by atoms with Crippen molar-refractivity contribution in [1.82, 2.24) is 0 Å². The van der Waals surface area contributed by atoms with Crippen molar-refractivity contribution in [3.8, 4) is 17.2 Å². The molecule has 1 amide bonds. The molecule has 0 fully saturated rings. The number of fused-ring (bicyclic) bond motifs is 1. The highest BCUT2D eigenvalue weighted by molar-refractivity contribution is 6.16. The van der Waals surface area contributed by atoms with Crippen molar-refractivity contribution in [3.05, 3.63) is 93.7 Å². The zero-order valence-electron chi connectivity index (χ0n) is 16.3. The smallest absolute Gasteiger partial charge is 0.314 e. The van der Waals surface area contributed by atoms with Crippen molar-refractivity contribution in [3.63, 3.8) is 0 Å². The lowest BCUT2D eigenvalue weighted by Crippen LogP contribution is -2.07. The zero-order valence-corrected chi connectivity index (χ0v) is 16.3. The molecule has 4 rings (SSSR count). The lowest BCUT2D eigenvalue weighted by molar-refractivity contribution is -0.385. The SMILES string of the molecule is CC(=O)Nc1cc2c(c([N+](=O)[O-])c1)O/C(=C\c1cccc(Oc3ccccc3)c1)C2=O. The second kappa shape index (κ2) is 8.11. The van der Waals surface area contributed by atoms with Gasteiger partial charge in [0.1, 0.15) is 11.5 Å². The number of hydrogen-bond donors (Lipinski definition) is 1. The third kappa shape index (κ3) is 4.27. The summed E-state index contributed by atoms with van der Waals surface area (Å²) in [6.07, 6.45) is 1.49. The third-order valence-electron chi connectivity index (χ3n) is 4.40. The number of anilines is 1. The van der Waals surface area contributed by atoms with Gasteiger partial charge in [0.15, 0.2) is 5.76 Å². The van der Waals surface area contributed by atoms with Crippen LogP contribution in [0.3, 0.4) is 0 Å². The van der Waals surface area contributed by atoms with Gasteiger partial charge in [0, 0.05) is 18.7 Å². The summed E-state index contributed by atoms with van der Waals surface area (Å²) in [5.74, 6) is 0.0877. The van der Waals surface area contributed by atoms with E-state index in [0.717, 1.165) is 6.07 Å². The van der Waals surface area contributed by atoms with Crippen molar-refractivity contribution in [2.75, 3.05) is 5.32 Å². The molecule has 8 nitrogen and oxygen atoms in total. The van der Waals surface area contributed by atoms with Gasteiger partial charge in [0.25, 0.3) is 0 Å². The predicted molar refractivity (Wildman–Crippen MR) is 113 cm³/mol. The molecule has 8 heteroatoms. The first-order chi connectivity index (χ1) is 14.9. The fraction of sp³-hybridized carbons (Fsp3) is 0.0435. The first kappa shape index (κ1) is 19.8. The molecule has 0 saturated carbocycles. The Kier molecular flexibility index (Phi) is 5.19. The molecule has 1 aliphatic rings. The first-order valence-electron chi connectivity index (χ1n) is 9.28. The fourth-order valence-corrected chi connectivity index (χ4v) is 3.13. The summed E-state index contributed by atoms with van der Waals surface area (Å²) >= 11 is 0. The van der Waals surface area contributed by atoms with Gasteiger partial charge in [0.2, 0.25) is 17.4 Å². The highest BCUT2D eigenvalue weighted by Gasteiger charge is 2.35. The van der Waals surface area contributed by atoms with E-state index in [-0.39, 0.29) is 22.8 Å². The quantitative estimate of drug-likeness (QED) is 0.358. The summed E-state index contributed by atoms with van der Waals surface area (Å²) in [4.78, 5) is 35.0. The first-order valence-corrected chi connectivity index (χ1v) is 9.28. The number of amides is 1. The van der Waals surface area contributed by atoms with Crippen LogP contribution in [0.4, 0.5) is 11.4 Å². The number of nitrogens with one attached hydrogen (secondary N) is 1. The van der Waals surface area contributed by atoms with Gasteiger partial charge in [-0.25, -0.2) is 0 Å². The Morgan fingerprint density at radius 3 is 2.52 bits per heavy atom. The molecule has 0 spiro atoms. The molecule has 0 radical (unpaired) electrons. The number of nitrogens with zero attached hydrogens (tertiary/aromatic N) is 1. The summed E-state index contributed by atoms with van der Waals surface area (Å²) in [6.45, 7) is 1.27. The molecule has 0 aromatic heterocycles. The van der Waals surface area contributed by atoms with Crippen LogP contribution in [0.25, 0.3) is 6.08 Å². The summed E-state index contributed by atoms with van der Waals surface area (Å²) in [5, 5.41) is 13.9. The molecule has 0 unspecified atom stereocenters. The number of allylic oxidation sites excluding steroid dienone is 1. The van der Waals surface area contributed by atoms with Crippen LogP contribution in [-0.4, -0.2) is 16.6 Å². The van der Waals surface area contributed by atoms with E-state index in [1.54, 1.807) is 24.3 Å². The van der Waals surface area contributed by atoms with E-state index in [4.69, 9.17) is 9.47 Å². The minimum Gasteiger partial charge on any atom is -0.457 e. The topological polar surface area (TPSA) is 108 Å². The molecule has 3 aromatic carbocycles. The number of carbonyl (C=O) groups is 2. The number of rotatable bonds is 5. The molecule has 1 N–H and O–H groups in total. The molecule has 31 heavy (non-hydrogen) atoms. The van der Waals surface area contributed by atoms with Crippen LogP contribution in [0.15, 0.2) is 72.5 Å².